The predicted molar refractivity (Wildman–Crippen MR) is 55.8 cm³/mol. The van der Waals surface area contributed by atoms with Crippen LogP contribution in [-0.4, -0.2) is 18.8 Å². The van der Waals surface area contributed by atoms with Crippen LogP contribution in [0.25, 0.3) is 0 Å². The largest absolute Gasteiger partial charge is 0.504 e. The second kappa shape index (κ2) is 6.48. The Bertz CT molecular complexity index is 281. The van der Waals surface area contributed by atoms with Crippen LogP contribution < -0.4 is 10.6 Å². The minimum absolute atomic E-state index is 0. The van der Waals surface area contributed by atoms with Crippen LogP contribution in [0.5, 0.6) is 11.5 Å². The first-order valence-electron chi connectivity index (χ1n) is 4.00. The molecule has 0 spiro atoms. The van der Waals surface area contributed by atoms with E-state index in [2.05, 4.69) is 4.89 Å². The van der Waals surface area contributed by atoms with Crippen LogP contribution >= 0.6 is 12.4 Å². The van der Waals surface area contributed by atoms with Gasteiger partial charge in [-0.1, -0.05) is 6.07 Å². The average Bonchev–Trinajstić information content (AvgIpc) is 2.12. The SMILES string of the molecule is COOc1cc(CCN)ccc1O.Cl. The van der Waals surface area contributed by atoms with E-state index in [1.165, 1.54) is 7.11 Å². The van der Waals surface area contributed by atoms with Crippen LogP contribution in [0.15, 0.2) is 18.2 Å². The summed E-state index contributed by atoms with van der Waals surface area (Å²) in [6.45, 7) is 0.567. The van der Waals surface area contributed by atoms with E-state index < -0.39 is 0 Å². The van der Waals surface area contributed by atoms with Crippen molar-refractivity contribution in [1.29, 1.82) is 0 Å². The highest BCUT2D eigenvalue weighted by Gasteiger charge is 2.03. The van der Waals surface area contributed by atoms with Gasteiger partial charge in [0.25, 0.3) is 0 Å². The van der Waals surface area contributed by atoms with Gasteiger partial charge in [-0.15, -0.1) is 12.4 Å². The second-order valence-corrected chi connectivity index (χ2v) is 2.59. The molecular weight excluding hydrogens is 206 g/mol. The number of benzene rings is 1. The lowest BCUT2D eigenvalue weighted by atomic mass is 10.1. The van der Waals surface area contributed by atoms with Crippen molar-refractivity contribution in [2.45, 2.75) is 6.42 Å². The zero-order chi connectivity index (χ0) is 9.68. The lowest BCUT2D eigenvalue weighted by Crippen LogP contribution is -2.02. The third-order valence-electron chi connectivity index (χ3n) is 1.63. The number of hydrogen-bond donors (Lipinski definition) is 2. The van der Waals surface area contributed by atoms with Crippen LogP contribution in [0.3, 0.4) is 0 Å². The third kappa shape index (κ3) is 3.41. The molecule has 1 aromatic rings. The molecule has 0 aliphatic heterocycles. The fourth-order valence-corrected chi connectivity index (χ4v) is 1.04. The summed E-state index contributed by atoms with van der Waals surface area (Å²) in [7, 11) is 1.38. The maximum absolute atomic E-state index is 9.30. The molecule has 0 aromatic heterocycles. The molecule has 1 rings (SSSR count). The van der Waals surface area contributed by atoms with Gasteiger partial charge in [-0.3, -0.25) is 0 Å². The Morgan fingerprint density at radius 2 is 2.14 bits per heavy atom. The predicted octanol–water partition coefficient (Wildman–Crippen LogP) is 1.26. The van der Waals surface area contributed by atoms with E-state index in [9.17, 15) is 5.11 Å². The molecule has 0 aliphatic rings. The summed E-state index contributed by atoms with van der Waals surface area (Å²) >= 11 is 0. The Hall–Kier alpha value is -0.970. The first kappa shape index (κ1) is 13.0. The molecule has 0 bridgehead atoms. The summed E-state index contributed by atoms with van der Waals surface area (Å²) in [5.74, 6) is 0.371. The first-order valence-corrected chi connectivity index (χ1v) is 4.00. The Kier molecular flexibility index (Phi) is 6.03. The molecule has 0 aliphatic carbocycles. The molecule has 0 saturated heterocycles. The van der Waals surface area contributed by atoms with Crippen molar-refractivity contribution in [2.24, 2.45) is 5.73 Å². The summed E-state index contributed by atoms with van der Waals surface area (Å²) in [6.07, 6.45) is 0.750. The monoisotopic (exact) mass is 219 g/mol. The van der Waals surface area contributed by atoms with Crippen LogP contribution in [0.2, 0.25) is 0 Å². The van der Waals surface area contributed by atoms with Gasteiger partial charge in [0.1, 0.15) is 0 Å². The van der Waals surface area contributed by atoms with Crippen molar-refractivity contribution < 1.29 is 14.9 Å². The number of halogens is 1. The molecule has 0 amide bonds. The van der Waals surface area contributed by atoms with E-state index in [4.69, 9.17) is 10.6 Å². The highest BCUT2D eigenvalue weighted by atomic mass is 35.5. The Labute approximate surface area is 89.0 Å². The van der Waals surface area contributed by atoms with Gasteiger partial charge in [0.15, 0.2) is 5.75 Å². The number of phenolic OH excluding ortho intramolecular Hbond substituents is 1. The first-order chi connectivity index (χ1) is 6.27. The van der Waals surface area contributed by atoms with Crippen LogP contribution in [-0.2, 0) is 11.3 Å². The van der Waals surface area contributed by atoms with Gasteiger partial charge < -0.3 is 15.7 Å². The molecule has 0 atom stereocenters. The topological polar surface area (TPSA) is 64.7 Å². The molecule has 0 fully saturated rings. The van der Waals surface area contributed by atoms with Gasteiger partial charge in [0.05, 0.1) is 7.11 Å². The van der Waals surface area contributed by atoms with Crippen molar-refractivity contribution in [3.8, 4) is 11.5 Å². The van der Waals surface area contributed by atoms with Crippen LogP contribution in [0.1, 0.15) is 5.56 Å². The second-order valence-electron chi connectivity index (χ2n) is 2.59. The number of phenols is 1. The maximum atomic E-state index is 9.30. The van der Waals surface area contributed by atoms with Gasteiger partial charge in [-0.25, -0.2) is 0 Å². The molecule has 0 saturated carbocycles. The van der Waals surface area contributed by atoms with Gasteiger partial charge in [0.2, 0.25) is 5.75 Å². The molecule has 0 unspecified atom stereocenters. The minimum atomic E-state index is 0. The molecular formula is C9H14ClNO3. The fraction of sp³-hybridized carbons (Fsp3) is 0.333. The Balaban J connectivity index is 0.00000169. The molecule has 14 heavy (non-hydrogen) atoms. The standard InChI is InChI=1S/C9H13NO3.ClH/c1-12-13-9-6-7(4-5-10)2-3-8(9)11;/h2-3,6,11H,4-5,10H2,1H3;1H. The highest BCUT2D eigenvalue weighted by Crippen LogP contribution is 2.26. The van der Waals surface area contributed by atoms with Gasteiger partial charge in [-0.2, -0.15) is 4.89 Å². The summed E-state index contributed by atoms with van der Waals surface area (Å²) in [4.78, 5) is 9.18. The number of rotatable bonds is 4. The molecule has 3 N–H and O–H groups in total. The Morgan fingerprint density at radius 3 is 2.71 bits per heavy atom. The molecule has 1 aromatic carbocycles. The van der Waals surface area contributed by atoms with E-state index in [0.717, 1.165) is 12.0 Å². The summed E-state index contributed by atoms with van der Waals surface area (Å²) in [5, 5.41) is 9.30. The summed E-state index contributed by atoms with van der Waals surface area (Å²) in [5.41, 5.74) is 6.39. The van der Waals surface area contributed by atoms with E-state index in [1.807, 2.05) is 0 Å². The van der Waals surface area contributed by atoms with Crippen molar-refractivity contribution >= 4 is 12.4 Å². The lowest BCUT2D eigenvalue weighted by Gasteiger charge is -2.05. The van der Waals surface area contributed by atoms with Crippen molar-refractivity contribution in [3.05, 3.63) is 23.8 Å². The quantitative estimate of drug-likeness (QED) is 0.591. The molecule has 4 nitrogen and oxygen atoms in total. The van der Waals surface area contributed by atoms with Crippen molar-refractivity contribution in [2.75, 3.05) is 13.7 Å². The smallest absolute Gasteiger partial charge is 0.207 e. The van der Waals surface area contributed by atoms with Gasteiger partial charge in [0, 0.05) is 0 Å². The normalized spacial score (nSPS) is 9.29. The van der Waals surface area contributed by atoms with Crippen molar-refractivity contribution in [1.82, 2.24) is 0 Å². The van der Waals surface area contributed by atoms with Crippen LogP contribution in [0, 0.1) is 0 Å². The number of aromatic hydroxyl groups is 1. The fourth-order valence-electron chi connectivity index (χ4n) is 1.04. The van der Waals surface area contributed by atoms with Gasteiger partial charge >= 0.3 is 0 Å². The summed E-state index contributed by atoms with van der Waals surface area (Å²) in [6, 6.07) is 5.05. The van der Waals surface area contributed by atoms with E-state index in [0.29, 0.717) is 12.3 Å². The Morgan fingerprint density at radius 1 is 1.43 bits per heavy atom. The number of hydrogen-bond acceptors (Lipinski definition) is 4. The lowest BCUT2D eigenvalue weighted by molar-refractivity contribution is -0.179. The molecule has 5 heteroatoms. The van der Waals surface area contributed by atoms with E-state index in [-0.39, 0.29) is 18.2 Å². The third-order valence-corrected chi connectivity index (χ3v) is 1.63. The minimum Gasteiger partial charge on any atom is -0.504 e. The highest BCUT2D eigenvalue weighted by molar-refractivity contribution is 5.85. The van der Waals surface area contributed by atoms with E-state index >= 15 is 0 Å². The number of nitrogens with two attached hydrogens (primary N) is 1. The molecule has 0 radical (unpaired) electrons. The van der Waals surface area contributed by atoms with Crippen molar-refractivity contribution in [3.63, 3.8) is 0 Å². The van der Waals surface area contributed by atoms with Crippen LogP contribution in [0.4, 0.5) is 0 Å². The maximum Gasteiger partial charge on any atom is 0.207 e. The molecule has 80 valence electrons. The summed E-state index contributed by atoms with van der Waals surface area (Å²) < 4.78 is 0. The zero-order valence-corrected chi connectivity index (χ0v) is 8.71. The van der Waals surface area contributed by atoms with Gasteiger partial charge in [-0.05, 0) is 30.7 Å². The van der Waals surface area contributed by atoms with E-state index in [1.54, 1.807) is 18.2 Å². The average molecular weight is 220 g/mol. The molecule has 0 heterocycles. The zero-order valence-electron chi connectivity index (χ0n) is 7.90.